The Kier molecular flexibility index (Phi) is 5.54. The highest BCUT2D eigenvalue weighted by Gasteiger charge is 2.32. The second-order valence-corrected chi connectivity index (χ2v) is 5.51. The fraction of sp³-hybridized carbons (Fsp3) is 0.286. The van der Waals surface area contributed by atoms with Crippen molar-refractivity contribution >= 4 is 35.0 Å². The zero-order valence-corrected chi connectivity index (χ0v) is 12.7. The molecule has 0 unspecified atom stereocenters. The maximum absolute atomic E-state index is 11.5. The molecule has 0 aromatic heterocycles. The van der Waals surface area contributed by atoms with Gasteiger partial charge in [-0.2, -0.15) is 5.10 Å². The minimum atomic E-state index is -1.02. The molecule has 0 saturated carbocycles. The van der Waals surface area contributed by atoms with E-state index in [1.165, 1.54) is 6.21 Å². The molecule has 22 heavy (non-hydrogen) atoms. The van der Waals surface area contributed by atoms with Crippen molar-refractivity contribution < 1.29 is 19.4 Å². The largest absolute Gasteiger partial charge is 0.493 e. The zero-order chi connectivity index (χ0) is 15.9. The van der Waals surface area contributed by atoms with Crippen LogP contribution >= 0.6 is 11.8 Å². The first-order valence-corrected chi connectivity index (χ1v) is 7.50. The van der Waals surface area contributed by atoms with Crippen LogP contribution in [0, 0.1) is 0 Å². The molecule has 1 aliphatic heterocycles. The average molecular weight is 321 g/mol. The Morgan fingerprint density at radius 2 is 2.27 bits per heavy atom. The van der Waals surface area contributed by atoms with E-state index < -0.39 is 11.2 Å². The Morgan fingerprint density at radius 3 is 3.00 bits per heavy atom. The molecule has 1 atom stereocenters. The summed E-state index contributed by atoms with van der Waals surface area (Å²) in [6.45, 7) is 2.43. The number of ether oxygens (including phenoxy) is 1. The fourth-order valence-corrected chi connectivity index (χ4v) is 2.68. The fourth-order valence-electron chi connectivity index (χ4n) is 1.76. The number of amides is 1. The highest BCUT2D eigenvalue weighted by atomic mass is 32.2. The van der Waals surface area contributed by atoms with Gasteiger partial charge in [0.15, 0.2) is 5.17 Å². The number of para-hydroxylation sites is 1. The van der Waals surface area contributed by atoms with Crippen molar-refractivity contribution in [2.75, 3.05) is 6.61 Å². The average Bonchev–Trinajstić information content (AvgIpc) is 2.80. The number of aliphatic carboxylic acids is 1. The van der Waals surface area contributed by atoms with Gasteiger partial charge < -0.3 is 15.2 Å². The third-order valence-corrected chi connectivity index (χ3v) is 3.77. The number of hydrogen-bond donors (Lipinski definition) is 2. The van der Waals surface area contributed by atoms with Gasteiger partial charge in [-0.05, 0) is 19.1 Å². The number of carbonyl (C=O) groups is 2. The number of nitrogens with zero attached hydrogens (tertiary/aromatic N) is 2. The first-order chi connectivity index (χ1) is 10.6. The van der Waals surface area contributed by atoms with Gasteiger partial charge in [-0.1, -0.05) is 23.9 Å². The molecule has 0 spiro atoms. The molecule has 2 N–H and O–H groups in total. The maximum Gasteiger partial charge on any atom is 0.305 e. The van der Waals surface area contributed by atoms with E-state index >= 15 is 0 Å². The molecular formula is C14H15N3O4S. The van der Waals surface area contributed by atoms with Crippen molar-refractivity contribution in [3.8, 4) is 5.75 Å². The Hall–Kier alpha value is -2.35. The molecule has 7 nitrogen and oxygen atoms in total. The zero-order valence-electron chi connectivity index (χ0n) is 11.9. The number of benzene rings is 1. The van der Waals surface area contributed by atoms with Crippen molar-refractivity contribution in [2.24, 2.45) is 10.2 Å². The molecule has 1 amide bonds. The third kappa shape index (κ3) is 4.32. The first kappa shape index (κ1) is 16.0. The number of carboxylic acids is 1. The van der Waals surface area contributed by atoms with Crippen LogP contribution in [0.15, 0.2) is 34.5 Å². The van der Waals surface area contributed by atoms with E-state index in [1.54, 1.807) is 0 Å². The van der Waals surface area contributed by atoms with Gasteiger partial charge in [0.1, 0.15) is 11.0 Å². The van der Waals surface area contributed by atoms with Gasteiger partial charge in [-0.15, -0.1) is 5.10 Å². The molecule has 1 aromatic carbocycles. The summed E-state index contributed by atoms with van der Waals surface area (Å²) in [6, 6.07) is 7.37. The molecular weight excluding hydrogens is 306 g/mol. The van der Waals surface area contributed by atoms with Crippen molar-refractivity contribution in [1.29, 1.82) is 0 Å². The number of hydrogen-bond acceptors (Lipinski definition) is 6. The lowest BCUT2D eigenvalue weighted by Crippen LogP contribution is -2.26. The van der Waals surface area contributed by atoms with Crippen LogP contribution in [0.3, 0.4) is 0 Å². The molecule has 1 fully saturated rings. The predicted molar refractivity (Wildman–Crippen MR) is 84.4 cm³/mol. The molecule has 1 aliphatic rings. The van der Waals surface area contributed by atoms with Crippen LogP contribution < -0.4 is 10.1 Å². The second kappa shape index (κ2) is 7.60. The Balaban J connectivity index is 2.03. The maximum atomic E-state index is 11.5. The van der Waals surface area contributed by atoms with Crippen molar-refractivity contribution in [1.82, 2.24) is 5.32 Å². The van der Waals surface area contributed by atoms with Crippen LogP contribution in [-0.2, 0) is 9.59 Å². The predicted octanol–water partition coefficient (Wildman–Crippen LogP) is 1.48. The molecule has 1 saturated heterocycles. The topological polar surface area (TPSA) is 100 Å². The molecule has 0 aliphatic carbocycles. The van der Waals surface area contributed by atoms with Crippen LogP contribution in [0.1, 0.15) is 18.9 Å². The SMILES string of the molecule is CCOc1ccccc1/C=N\N=C1\NC(=O)[C@@H](CC(=O)O)S1. The van der Waals surface area contributed by atoms with E-state index in [2.05, 4.69) is 15.5 Å². The molecule has 1 heterocycles. The van der Waals surface area contributed by atoms with Crippen molar-refractivity contribution in [2.45, 2.75) is 18.6 Å². The molecule has 8 heteroatoms. The summed E-state index contributed by atoms with van der Waals surface area (Å²) in [6.07, 6.45) is 1.28. The summed E-state index contributed by atoms with van der Waals surface area (Å²) in [5.74, 6) is -0.695. The lowest BCUT2D eigenvalue weighted by atomic mass is 10.2. The van der Waals surface area contributed by atoms with E-state index in [-0.39, 0.29) is 12.3 Å². The molecule has 116 valence electrons. The standard InChI is InChI=1S/C14H15N3O4S/c1-2-21-10-6-4-3-5-9(10)8-15-17-14-16-13(20)11(22-14)7-12(18)19/h3-6,8,11H,2,7H2,1H3,(H,18,19)(H,16,17,20)/b15-8-/t11-/m1/s1. The monoisotopic (exact) mass is 321 g/mol. The summed E-state index contributed by atoms with van der Waals surface area (Å²) in [7, 11) is 0. The Morgan fingerprint density at radius 1 is 1.50 bits per heavy atom. The van der Waals surface area contributed by atoms with Crippen LogP contribution in [-0.4, -0.2) is 40.2 Å². The number of carbonyl (C=O) groups excluding carboxylic acids is 1. The van der Waals surface area contributed by atoms with Gasteiger partial charge in [0.2, 0.25) is 5.91 Å². The van der Waals surface area contributed by atoms with E-state index in [0.717, 1.165) is 17.3 Å². The molecule has 0 radical (unpaired) electrons. The number of carboxylic acid groups (broad SMARTS) is 1. The quantitative estimate of drug-likeness (QED) is 0.610. The first-order valence-electron chi connectivity index (χ1n) is 6.62. The molecule has 1 aromatic rings. The summed E-state index contributed by atoms with van der Waals surface area (Å²) in [4.78, 5) is 22.2. The Bertz CT molecular complexity index is 630. The lowest BCUT2D eigenvalue weighted by molar-refractivity contribution is -0.138. The van der Waals surface area contributed by atoms with Crippen LogP contribution in [0.5, 0.6) is 5.75 Å². The van der Waals surface area contributed by atoms with Crippen LogP contribution in [0.4, 0.5) is 0 Å². The molecule has 2 rings (SSSR count). The van der Waals surface area contributed by atoms with Crippen molar-refractivity contribution in [3.05, 3.63) is 29.8 Å². The third-order valence-electron chi connectivity index (χ3n) is 2.70. The van der Waals surface area contributed by atoms with Gasteiger partial charge >= 0.3 is 5.97 Å². The van der Waals surface area contributed by atoms with Gasteiger partial charge in [-0.3, -0.25) is 9.59 Å². The number of rotatable bonds is 6. The van der Waals surface area contributed by atoms with E-state index in [0.29, 0.717) is 17.5 Å². The highest BCUT2D eigenvalue weighted by molar-refractivity contribution is 8.15. The van der Waals surface area contributed by atoms with Crippen molar-refractivity contribution in [3.63, 3.8) is 0 Å². The van der Waals surface area contributed by atoms with Crippen LogP contribution in [0.25, 0.3) is 0 Å². The van der Waals surface area contributed by atoms with Crippen LogP contribution in [0.2, 0.25) is 0 Å². The highest BCUT2D eigenvalue weighted by Crippen LogP contribution is 2.22. The van der Waals surface area contributed by atoms with E-state index in [4.69, 9.17) is 9.84 Å². The summed E-state index contributed by atoms with van der Waals surface area (Å²) < 4.78 is 5.46. The Labute approximate surface area is 131 Å². The van der Waals surface area contributed by atoms with Gasteiger partial charge in [-0.25, -0.2) is 0 Å². The van der Waals surface area contributed by atoms with E-state index in [1.807, 2.05) is 31.2 Å². The number of amidine groups is 1. The minimum absolute atomic E-state index is 0.244. The number of thioether (sulfide) groups is 1. The van der Waals surface area contributed by atoms with Gasteiger partial charge in [0.25, 0.3) is 0 Å². The minimum Gasteiger partial charge on any atom is -0.493 e. The normalized spacial score (nSPS) is 19.6. The molecule has 0 bridgehead atoms. The van der Waals surface area contributed by atoms with Gasteiger partial charge in [0, 0.05) is 5.56 Å². The smallest absolute Gasteiger partial charge is 0.305 e. The summed E-state index contributed by atoms with van der Waals surface area (Å²) in [5.41, 5.74) is 0.769. The van der Waals surface area contributed by atoms with E-state index in [9.17, 15) is 9.59 Å². The summed E-state index contributed by atoms with van der Waals surface area (Å²) >= 11 is 1.06. The number of nitrogens with one attached hydrogen (secondary N) is 1. The lowest BCUT2D eigenvalue weighted by Gasteiger charge is -2.04. The van der Waals surface area contributed by atoms with Gasteiger partial charge in [0.05, 0.1) is 19.2 Å². The summed E-state index contributed by atoms with van der Waals surface area (Å²) in [5, 5.41) is 18.6. The second-order valence-electron chi connectivity index (χ2n) is 4.31.